The molecule has 1 aromatic carbocycles. The molecule has 22 heavy (non-hydrogen) atoms. The second kappa shape index (κ2) is 6.28. The normalized spacial score (nSPS) is 15.8. The predicted octanol–water partition coefficient (Wildman–Crippen LogP) is 3.70. The predicted molar refractivity (Wildman–Crippen MR) is 86.4 cm³/mol. The van der Waals surface area contributed by atoms with Gasteiger partial charge in [-0.15, -0.1) is 0 Å². The molecular weight excluding hydrogens is 350 g/mol. The van der Waals surface area contributed by atoms with Gasteiger partial charge in [0.05, 0.1) is 15.6 Å². The first-order valence-corrected chi connectivity index (χ1v) is 7.92. The fraction of sp³-hybridized carbons (Fsp3) is 0.500. The second-order valence-corrected chi connectivity index (χ2v) is 7.33. The van der Waals surface area contributed by atoms with Crippen LogP contribution in [0.15, 0.2) is 22.7 Å². The molecule has 0 atom stereocenters. The third-order valence-electron chi connectivity index (χ3n) is 3.24. The van der Waals surface area contributed by atoms with E-state index in [0.717, 1.165) is 19.1 Å². The number of benzene rings is 1. The van der Waals surface area contributed by atoms with Crippen molar-refractivity contribution in [2.45, 2.75) is 44.8 Å². The van der Waals surface area contributed by atoms with Crippen molar-refractivity contribution in [1.29, 1.82) is 0 Å². The fourth-order valence-electron chi connectivity index (χ4n) is 1.96. The lowest BCUT2D eigenvalue weighted by atomic mass is 10.2. The lowest BCUT2D eigenvalue weighted by Gasteiger charge is -2.24. The Labute approximate surface area is 138 Å². The summed E-state index contributed by atoms with van der Waals surface area (Å²) in [6.07, 6.45) is 1.96. The van der Waals surface area contributed by atoms with Gasteiger partial charge in [-0.25, -0.2) is 4.79 Å². The fourth-order valence-corrected chi connectivity index (χ4v) is 2.45. The van der Waals surface area contributed by atoms with Crippen LogP contribution in [0.3, 0.4) is 0 Å². The van der Waals surface area contributed by atoms with Crippen LogP contribution < -0.4 is 10.1 Å². The van der Waals surface area contributed by atoms with E-state index in [-0.39, 0.29) is 0 Å². The first-order chi connectivity index (χ1) is 10.2. The zero-order valence-corrected chi connectivity index (χ0v) is 14.5. The summed E-state index contributed by atoms with van der Waals surface area (Å²) < 4.78 is 11.7. The number of halogens is 1. The molecule has 1 aromatic rings. The molecule has 1 aliphatic carbocycles. The van der Waals surface area contributed by atoms with Gasteiger partial charge in [0.15, 0.2) is 6.29 Å². The number of hydrogen-bond acceptors (Lipinski definition) is 4. The Morgan fingerprint density at radius 3 is 2.64 bits per heavy atom. The van der Waals surface area contributed by atoms with Crippen LogP contribution in [-0.4, -0.2) is 30.1 Å². The Bertz CT molecular complexity index is 576. The van der Waals surface area contributed by atoms with E-state index in [1.54, 1.807) is 12.1 Å². The van der Waals surface area contributed by atoms with Crippen molar-refractivity contribution >= 4 is 28.3 Å². The SMILES string of the molecule is CC(C)(C)OC(=O)NC1(COc2c(Br)cccc2C=O)CC1. The first-order valence-electron chi connectivity index (χ1n) is 7.12. The van der Waals surface area contributed by atoms with E-state index < -0.39 is 17.2 Å². The van der Waals surface area contributed by atoms with Crippen LogP contribution in [0.25, 0.3) is 0 Å². The van der Waals surface area contributed by atoms with Gasteiger partial charge in [-0.3, -0.25) is 4.79 Å². The summed E-state index contributed by atoms with van der Waals surface area (Å²) in [4.78, 5) is 22.9. The molecular formula is C16H20BrNO4. The van der Waals surface area contributed by atoms with E-state index in [4.69, 9.17) is 9.47 Å². The zero-order chi connectivity index (χ0) is 16.4. The lowest BCUT2D eigenvalue weighted by molar-refractivity contribution is 0.0476. The molecule has 1 aliphatic rings. The van der Waals surface area contributed by atoms with Crippen LogP contribution in [0.5, 0.6) is 5.75 Å². The van der Waals surface area contributed by atoms with Crippen LogP contribution in [0.2, 0.25) is 0 Å². The van der Waals surface area contributed by atoms with Crippen LogP contribution in [0, 0.1) is 0 Å². The number of rotatable bonds is 5. The van der Waals surface area contributed by atoms with Crippen molar-refractivity contribution in [1.82, 2.24) is 5.32 Å². The van der Waals surface area contributed by atoms with E-state index in [1.165, 1.54) is 0 Å². The molecule has 2 rings (SSSR count). The summed E-state index contributed by atoms with van der Waals surface area (Å²) in [7, 11) is 0. The van der Waals surface area contributed by atoms with Gasteiger partial charge in [0.2, 0.25) is 0 Å². The Morgan fingerprint density at radius 1 is 1.41 bits per heavy atom. The zero-order valence-electron chi connectivity index (χ0n) is 12.9. The van der Waals surface area contributed by atoms with Crippen molar-refractivity contribution in [2.75, 3.05) is 6.61 Å². The average molecular weight is 370 g/mol. The molecule has 5 nitrogen and oxygen atoms in total. The smallest absolute Gasteiger partial charge is 0.408 e. The molecule has 6 heteroatoms. The van der Waals surface area contributed by atoms with Crippen LogP contribution in [0.4, 0.5) is 4.79 Å². The molecule has 0 spiro atoms. The van der Waals surface area contributed by atoms with E-state index in [1.807, 2.05) is 26.8 Å². The molecule has 1 amide bonds. The summed E-state index contributed by atoms with van der Waals surface area (Å²) in [6, 6.07) is 5.27. The number of carbonyl (C=O) groups excluding carboxylic acids is 2. The first kappa shape index (κ1) is 16.8. The molecule has 0 radical (unpaired) electrons. The van der Waals surface area contributed by atoms with Gasteiger partial charge >= 0.3 is 6.09 Å². The number of aldehydes is 1. The third kappa shape index (κ3) is 4.47. The average Bonchev–Trinajstić information content (AvgIpc) is 3.14. The molecule has 1 fully saturated rings. The summed E-state index contributed by atoms with van der Waals surface area (Å²) in [5.74, 6) is 0.495. The van der Waals surface area contributed by atoms with E-state index in [9.17, 15) is 9.59 Å². The quantitative estimate of drug-likeness (QED) is 0.803. The summed E-state index contributed by atoms with van der Waals surface area (Å²) in [6.45, 7) is 5.76. The molecule has 0 bridgehead atoms. The summed E-state index contributed by atoms with van der Waals surface area (Å²) >= 11 is 3.37. The van der Waals surface area contributed by atoms with E-state index in [2.05, 4.69) is 21.2 Å². The standard InChI is InChI=1S/C16H20BrNO4/c1-15(2,3)22-14(20)18-16(7-8-16)10-21-13-11(9-19)5-4-6-12(13)17/h4-6,9H,7-8,10H2,1-3H3,(H,18,20). The molecule has 0 aromatic heterocycles. The van der Waals surface area contributed by atoms with Crippen LogP contribution >= 0.6 is 15.9 Å². The monoisotopic (exact) mass is 369 g/mol. The Kier molecular flexibility index (Phi) is 4.80. The molecule has 1 saturated carbocycles. The van der Waals surface area contributed by atoms with Crippen LogP contribution in [-0.2, 0) is 4.74 Å². The van der Waals surface area contributed by atoms with Gasteiger partial charge < -0.3 is 14.8 Å². The highest BCUT2D eigenvalue weighted by atomic mass is 79.9. The van der Waals surface area contributed by atoms with Crippen LogP contribution in [0.1, 0.15) is 44.0 Å². The van der Waals surface area contributed by atoms with Gasteiger partial charge in [0, 0.05) is 0 Å². The lowest BCUT2D eigenvalue weighted by Crippen LogP contribution is -2.44. The molecule has 0 aliphatic heterocycles. The van der Waals surface area contributed by atoms with Crippen molar-refractivity contribution in [2.24, 2.45) is 0 Å². The van der Waals surface area contributed by atoms with Gasteiger partial charge in [0.25, 0.3) is 0 Å². The number of para-hydroxylation sites is 1. The topological polar surface area (TPSA) is 64.6 Å². The number of carbonyl (C=O) groups is 2. The summed E-state index contributed by atoms with van der Waals surface area (Å²) in [5.41, 5.74) is -0.464. The third-order valence-corrected chi connectivity index (χ3v) is 3.86. The van der Waals surface area contributed by atoms with Crippen molar-refractivity contribution in [3.63, 3.8) is 0 Å². The minimum atomic E-state index is -0.534. The van der Waals surface area contributed by atoms with Gasteiger partial charge in [0.1, 0.15) is 18.0 Å². The number of ether oxygens (including phenoxy) is 2. The maximum atomic E-state index is 11.9. The van der Waals surface area contributed by atoms with Crippen molar-refractivity contribution in [3.8, 4) is 5.75 Å². The highest BCUT2D eigenvalue weighted by molar-refractivity contribution is 9.10. The minimum Gasteiger partial charge on any atom is -0.489 e. The summed E-state index contributed by atoms with van der Waals surface area (Å²) in [5, 5.41) is 2.86. The molecule has 120 valence electrons. The van der Waals surface area contributed by atoms with Gasteiger partial charge in [-0.2, -0.15) is 0 Å². The maximum Gasteiger partial charge on any atom is 0.408 e. The highest BCUT2D eigenvalue weighted by Crippen LogP contribution is 2.37. The number of hydrogen-bond donors (Lipinski definition) is 1. The number of alkyl carbamates (subject to hydrolysis) is 1. The largest absolute Gasteiger partial charge is 0.489 e. The second-order valence-electron chi connectivity index (χ2n) is 6.47. The van der Waals surface area contributed by atoms with Gasteiger partial charge in [-0.05, 0) is 61.7 Å². The van der Waals surface area contributed by atoms with E-state index in [0.29, 0.717) is 22.4 Å². The minimum absolute atomic E-state index is 0.301. The maximum absolute atomic E-state index is 11.9. The Hall–Kier alpha value is -1.56. The number of amides is 1. The molecule has 0 saturated heterocycles. The van der Waals surface area contributed by atoms with Crippen molar-refractivity contribution < 1.29 is 19.1 Å². The highest BCUT2D eigenvalue weighted by Gasteiger charge is 2.46. The van der Waals surface area contributed by atoms with Crippen molar-refractivity contribution in [3.05, 3.63) is 28.2 Å². The molecule has 0 unspecified atom stereocenters. The Balaban J connectivity index is 1.97. The molecule has 1 N–H and O–H groups in total. The van der Waals surface area contributed by atoms with E-state index >= 15 is 0 Å². The molecule has 0 heterocycles. The van der Waals surface area contributed by atoms with Gasteiger partial charge in [-0.1, -0.05) is 6.07 Å². The Morgan fingerprint density at radius 2 is 2.09 bits per heavy atom. The number of nitrogens with one attached hydrogen (secondary N) is 1.